The second kappa shape index (κ2) is 6.01. The first-order chi connectivity index (χ1) is 8.97. The molecule has 1 heterocycles. The van der Waals surface area contributed by atoms with Crippen LogP contribution in [0.3, 0.4) is 0 Å². The molecule has 19 heavy (non-hydrogen) atoms. The molecule has 0 radical (unpaired) electrons. The number of carbonyl (C=O) groups is 1. The summed E-state index contributed by atoms with van der Waals surface area (Å²) in [5.74, 6) is 0.186. The number of ketones is 1. The number of hydrogen-bond acceptors (Lipinski definition) is 2. The largest absolute Gasteiger partial charge is 0.299 e. The zero-order valence-electron chi connectivity index (χ0n) is 10.8. The average Bonchev–Trinajstić information content (AvgIpc) is 2.59. The lowest BCUT2D eigenvalue weighted by Gasteiger charge is -2.03. The third-order valence-corrected chi connectivity index (χ3v) is 4.50. The molecule has 0 saturated heterocycles. The molecule has 0 fully saturated rings. The highest BCUT2D eigenvalue weighted by Gasteiger charge is 2.14. The Bertz CT molecular complexity index is 603. The third kappa shape index (κ3) is 3.54. The summed E-state index contributed by atoms with van der Waals surface area (Å²) in [6.45, 7) is 1.92. The lowest BCUT2D eigenvalue weighted by atomic mass is 10.1. The highest BCUT2D eigenvalue weighted by Crippen LogP contribution is 2.21. The molecule has 5 heteroatoms. The first kappa shape index (κ1) is 14.5. The Kier molecular flexibility index (Phi) is 4.58. The summed E-state index contributed by atoms with van der Waals surface area (Å²) in [5, 5.41) is 4.29. The molecule has 3 nitrogen and oxygen atoms in total. The van der Waals surface area contributed by atoms with Crippen LogP contribution in [0.2, 0.25) is 0 Å². The number of halogens is 2. The molecule has 0 aliphatic rings. The first-order valence-electron chi connectivity index (χ1n) is 5.91. The zero-order valence-corrected chi connectivity index (χ0v) is 14.0. The van der Waals surface area contributed by atoms with Crippen molar-refractivity contribution in [1.29, 1.82) is 0 Å². The summed E-state index contributed by atoms with van der Waals surface area (Å²) in [4.78, 5) is 12.1. The highest BCUT2D eigenvalue weighted by molar-refractivity contribution is 9.10. The maximum absolute atomic E-state index is 12.1. The fourth-order valence-electron chi connectivity index (χ4n) is 1.95. The minimum atomic E-state index is 0.186. The minimum Gasteiger partial charge on any atom is -0.299 e. The van der Waals surface area contributed by atoms with Crippen molar-refractivity contribution in [2.45, 2.75) is 19.8 Å². The molecule has 0 unspecified atom stereocenters. The molecule has 2 rings (SSSR count). The van der Waals surface area contributed by atoms with Gasteiger partial charge in [0.25, 0.3) is 0 Å². The Hall–Kier alpha value is -0.940. The Morgan fingerprint density at radius 2 is 1.84 bits per heavy atom. The zero-order chi connectivity index (χ0) is 14.0. The van der Waals surface area contributed by atoms with Gasteiger partial charge >= 0.3 is 0 Å². The van der Waals surface area contributed by atoms with Gasteiger partial charge in [-0.1, -0.05) is 28.1 Å². The van der Waals surface area contributed by atoms with Crippen LogP contribution in [-0.2, 0) is 24.7 Å². The van der Waals surface area contributed by atoms with Gasteiger partial charge in [0.1, 0.15) is 5.78 Å². The van der Waals surface area contributed by atoms with Crippen molar-refractivity contribution in [2.75, 3.05) is 0 Å². The predicted octanol–water partition coefficient (Wildman–Crippen LogP) is 3.61. The number of nitrogens with zero attached hydrogens (tertiary/aromatic N) is 2. The third-order valence-electron chi connectivity index (χ3n) is 2.94. The van der Waals surface area contributed by atoms with Gasteiger partial charge in [-0.05, 0) is 40.5 Å². The van der Waals surface area contributed by atoms with Gasteiger partial charge in [0, 0.05) is 24.4 Å². The fourth-order valence-corrected chi connectivity index (χ4v) is 2.69. The Balaban J connectivity index is 2.07. The summed E-state index contributed by atoms with van der Waals surface area (Å²) in [7, 11) is 1.86. The molecule has 0 spiro atoms. The van der Waals surface area contributed by atoms with Crippen LogP contribution in [-0.4, -0.2) is 15.6 Å². The van der Waals surface area contributed by atoms with E-state index in [0.717, 1.165) is 25.9 Å². The van der Waals surface area contributed by atoms with Crippen LogP contribution in [0.15, 0.2) is 33.2 Å². The molecule has 0 aliphatic heterocycles. The molecular weight excluding hydrogens is 372 g/mol. The van der Waals surface area contributed by atoms with E-state index in [4.69, 9.17) is 0 Å². The molecule has 0 atom stereocenters. The second-order valence-electron chi connectivity index (χ2n) is 4.49. The highest BCUT2D eigenvalue weighted by atomic mass is 79.9. The topological polar surface area (TPSA) is 34.9 Å². The van der Waals surface area contributed by atoms with Gasteiger partial charge in [-0.15, -0.1) is 0 Å². The van der Waals surface area contributed by atoms with Gasteiger partial charge < -0.3 is 0 Å². The van der Waals surface area contributed by atoms with Gasteiger partial charge in [-0.2, -0.15) is 5.10 Å². The van der Waals surface area contributed by atoms with Crippen molar-refractivity contribution in [3.05, 3.63) is 50.2 Å². The van der Waals surface area contributed by atoms with Crippen LogP contribution in [0, 0.1) is 6.92 Å². The molecule has 0 bridgehead atoms. The van der Waals surface area contributed by atoms with Crippen LogP contribution in [0.1, 0.15) is 17.0 Å². The average molecular weight is 386 g/mol. The maximum Gasteiger partial charge on any atom is 0.143 e. The van der Waals surface area contributed by atoms with Crippen molar-refractivity contribution in [3.63, 3.8) is 0 Å². The van der Waals surface area contributed by atoms with Crippen molar-refractivity contribution in [3.8, 4) is 0 Å². The Labute approximate surface area is 129 Å². The number of rotatable bonds is 4. The van der Waals surface area contributed by atoms with Gasteiger partial charge in [0.15, 0.2) is 0 Å². The summed E-state index contributed by atoms with van der Waals surface area (Å²) in [6.07, 6.45) is 0.845. The van der Waals surface area contributed by atoms with Gasteiger partial charge in [0.2, 0.25) is 0 Å². The molecule has 0 amide bonds. The molecule has 0 N–H and O–H groups in total. The predicted molar refractivity (Wildman–Crippen MR) is 82.2 cm³/mol. The molecule has 1 aromatic carbocycles. The van der Waals surface area contributed by atoms with Gasteiger partial charge in [0.05, 0.1) is 15.9 Å². The Morgan fingerprint density at radius 1 is 1.21 bits per heavy atom. The van der Waals surface area contributed by atoms with Crippen molar-refractivity contribution < 1.29 is 4.79 Å². The van der Waals surface area contributed by atoms with E-state index in [1.807, 2.05) is 38.2 Å². The second-order valence-corrected chi connectivity index (χ2v) is 6.20. The molecule has 0 saturated carbocycles. The quantitative estimate of drug-likeness (QED) is 0.805. The van der Waals surface area contributed by atoms with Crippen LogP contribution >= 0.6 is 31.9 Å². The van der Waals surface area contributed by atoms with E-state index in [2.05, 4.69) is 37.0 Å². The molecule has 100 valence electrons. The lowest BCUT2D eigenvalue weighted by Crippen LogP contribution is -2.10. The maximum atomic E-state index is 12.1. The SMILES string of the molecule is Cc1nn(C)c(CC(=O)Cc2ccc(Br)cc2)c1Br. The number of benzene rings is 1. The Morgan fingerprint density at radius 3 is 2.37 bits per heavy atom. The number of aryl methyl sites for hydroxylation is 2. The smallest absolute Gasteiger partial charge is 0.143 e. The summed E-state index contributed by atoms with van der Waals surface area (Å²) < 4.78 is 3.71. The lowest BCUT2D eigenvalue weighted by molar-refractivity contribution is -0.117. The van der Waals surface area contributed by atoms with Gasteiger partial charge in [-0.3, -0.25) is 9.48 Å². The molecule has 1 aromatic heterocycles. The minimum absolute atomic E-state index is 0.186. The van der Waals surface area contributed by atoms with E-state index in [0.29, 0.717) is 12.8 Å². The van der Waals surface area contributed by atoms with Crippen molar-refractivity contribution >= 4 is 37.6 Å². The fraction of sp³-hybridized carbons (Fsp3) is 0.286. The van der Waals surface area contributed by atoms with E-state index in [1.165, 1.54) is 0 Å². The van der Waals surface area contributed by atoms with Crippen molar-refractivity contribution in [2.24, 2.45) is 7.05 Å². The number of Topliss-reactive ketones (excluding diaryl/α,β-unsaturated/α-hetero) is 1. The summed E-state index contributed by atoms with van der Waals surface area (Å²) in [5.41, 5.74) is 2.87. The summed E-state index contributed by atoms with van der Waals surface area (Å²) >= 11 is 6.87. The van der Waals surface area contributed by atoms with Crippen LogP contribution in [0.5, 0.6) is 0 Å². The first-order valence-corrected chi connectivity index (χ1v) is 7.50. The molecule has 0 aliphatic carbocycles. The number of hydrogen-bond donors (Lipinski definition) is 0. The van der Waals surface area contributed by atoms with E-state index in [1.54, 1.807) is 4.68 Å². The normalized spacial score (nSPS) is 10.7. The van der Waals surface area contributed by atoms with Crippen LogP contribution in [0.4, 0.5) is 0 Å². The van der Waals surface area contributed by atoms with Crippen molar-refractivity contribution in [1.82, 2.24) is 9.78 Å². The van der Waals surface area contributed by atoms with E-state index >= 15 is 0 Å². The summed E-state index contributed by atoms with van der Waals surface area (Å²) in [6, 6.07) is 7.83. The standard InChI is InChI=1S/C14H14Br2N2O/c1-9-14(16)13(18(2)17-9)8-12(19)7-10-3-5-11(15)6-4-10/h3-6H,7-8H2,1-2H3. The van der Waals surface area contributed by atoms with E-state index in [-0.39, 0.29) is 5.78 Å². The van der Waals surface area contributed by atoms with E-state index < -0.39 is 0 Å². The molecule has 2 aromatic rings. The number of carbonyl (C=O) groups excluding carboxylic acids is 1. The monoisotopic (exact) mass is 384 g/mol. The van der Waals surface area contributed by atoms with Crippen LogP contribution in [0.25, 0.3) is 0 Å². The molecular formula is C14H14Br2N2O. The van der Waals surface area contributed by atoms with Crippen LogP contribution < -0.4 is 0 Å². The van der Waals surface area contributed by atoms with Gasteiger partial charge in [-0.25, -0.2) is 0 Å². The van der Waals surface area contributed by atoms with E-state index in [9.17, 15) is 4.79 Å². The number of aromatic nitrogens is 2.